The van der Waals surface area contributed by atoms with Crippen LogP contribution in [0.4, 0.5) is 4.39 Å². The first-order valence-corrected chi connectivity index (χ1v) is 5.58. The largest absolute Gasteiger partial charge is 0.493 e. The van der Waals surface area contributed by atoms with Crippen LogP contribution in [0.1, 0.15) is 18.4 Å². The minimum Gasteiger partial charge on any atom is -0.493 e. The van der Waals surface area contributed by atoms with E-state index in [0.717, 1.165) is 18.4 Å². The van der Waals surface area contributed by atoms with Crippen LogP contribution >= 0.6 is 0 Å². The Bertz CT molecular complexity index is 468. The standard InChI is InChI=1S/C12H14FNO3/c1-15-10-7(13)4-8-11(17-6-16-8)9(10)12(5-14)2-3-12/h4H,2-3,5-6,14H2,1H3. The molecule has 17 heavy (non-hydrogen) atoms. The second-order valence-corrected chi connectivity index (χ2v) is 4.48. The van der Waals surface area contributed by atoms with Gasteiger partial charge >= 0.3 is 0 Å². The van der Waals surface area contributed by atoms with Gasteiger partial charge in [-0.25, -0.2) is 4.39 Å². The number of hydrogen-bond donors (Lipinski definition) is 1. The Morgan fingerprint density at radius 3 is 2.82 bits per heavy atom. The second-order valence-electron chi connectivity index (χ2n) is 4.48. The van der Waals surface area contributed by atoms with E-state index in [2.05, 4.69) is 0 Å². The minimum absolute atomic E-state index is 0.121. The summed E-state index contributed by atoms with van der Waals surface area (Å²) in [7, 11) is 1.46. The maximum absolute atomic E-state index is 13.9. The summed E-state index contributed by atoms with van der Waals surface area (Å²) in [4.78, 5) is 0. The van der Waals surface area contributed by atoms with Crippen molar-refractivity contribution in [1.82, 2.24) is 0 Å². The molecule has 1 aliphatic heterocycles. The summed E-state index contributed by atoms with van der Waals surface area (Å²) in [6.07, 6.45) is 1.86. The van der Waals surface area contributed by atoms with Gasteiger partial charge in [-0.15, -0.1) is 0 Å². The van der Waals surface area contributed by atoms with Gasteiger partial charge in [0.05, 0.1) is 12.7 Å². The lowest BCUT2D eigenvalue weighted by molar-refractivity contribution is 0.172. The molecular formula is C12H14FNO3. The van der Waals surface area contributed by atoms with Crippen molar-refractivity contribution in [1.29, 1.82) is 0 Å². The number of methoxy groups -OCH3 is 1. The van der Waals surface area contributed by atoms with Gasteiger partial charge in [0.2, 0.25) is 6.79 Å². The van der Waals surface area contributed by atoms with Crippen molar-refractivity contribution in [2.45, 2.75) is 18.3 Å². The fourth-order valence-corrected chi connectivity index (χ4v) is 2.38. The summed E-state index contributed by atoms with van der Waals surface area (Å²) in [6, 6.07) is 1.30. The van der Waals surface area contributed by atoms with Gasteiger partial charge < -0.3 is 19.9 Å². The highest BCUT2D eigenvalue weighted by molar-refractivity contribution is 5.61. The minimum atomic E-state index is -0.425. The monoisotopic (exact) mass is 239 g/mol. The molecule has 2 aliphatic rings. The third-order valence-electron chi connectivity index (χ3n) is 3.55. The number of rotatable bonds is 3. The van der Waals surface area contributed by atoms with Crippen LogP contribution in [-0.4, -0.2) is 20.4 Å². The van der Waals surface area contributed by atoms with Gasteiger partial charge in [0.25, 0.3) is 0 Å². The highest BCUT2D eigenvalue weighted by atomic mass is 19.1. The third kappa shape index (κ3) is 1.38. The molecule has 0 radical (unpaired) electrons. The van der Waals surface area contributed by atoms with Crippen LogP contribution < -0.4 is 19.9 Å². The molecule has 5 heteroatoms. The van der Waals surface area contributed by atoms with E-state index in [1.807, 2.05) is 0 Å². The van der Waals surface area contributed by atoms with E-state index in [1.165, 1.54) is 13.2 Å². The van der Waals surface area contributed by atoms with E-state index in [0.29, 0.717) is 18.0 Å². The predicted molar refractivity (Wildman–Crippen MR) is 59.0 cm³/mol. The van der Waals surface area contributed by atoms with Crippen molar-refractivity contribution < 1.29 is 18.6 Å². The van der Waals surface area contributed by atoms with Crippen LogP contribution in [0.25, 0.3) is 0 Å². The van der Waals surface area contributed by atoms with Gasteiger partial charge in [-0.3, -0.25) is 0 Å². The Morgan fingerprint density at radius 2 is 2.24 bits per heavy atom. The maximum Gasteiger partial charge on any atom is 0.231 e. The lowest BCUT2D eigenvalue weighted by atomic mass is 9.93. The Morgan fingerprint density at radius 1 is 1.47 bits per heavy atom. The molecule has 0 bridgehead atoms. The average Bonchev–Trinajstić information content (AvgIpc) is 2.99. The van der Waals surface area contributed by atoms with E-state index < -0.39 is 5.82 Å². The van der Waals surface area contributed by atoms with Crippen LogP contribution in [0.2, 0.25) is 0 Å². The summed E-state index contributed by atoms with van der Waals surface area (Å²) in [5.41, 5.74) is 6.32. The van der Waals surface area contributed by atoms with Gasteiger partial charge in [-0.2, -0.15) is 0 Å². The Kier molecular flexibility index (Phi) is 2.19. The normalized spacial score (nSPS) is 19.2. The van der Waals surface area contributed by atoms with Gasteiger partial charge in [0, 0.05) is 18.0 Å². The van der Waals surface area contributed by atoms with Crippen molar-refractivity contribution in [3.63, 3.8) is 0 Å². The quantitative estimate of drug-likeness (QED) is 0.869. The lowest BCUT2D eigenvalue weighted by Crippen LogP contribution is -2.21. The molecule has 0 spiro atoms. The Balaban J connectivity index is 2.23. The molecule has 1 aliphatic carbocycles. The van der Waals surface area contributed by atoms with Crippen LogP contribution in [0, 0.1) is 5.82 Å². The SMILES string of the molecule is COc1c(F)cc2c(c1C1(CN)CC1)OCO2. The van der Waals surface area contributed by atoms with E-state index in [1.54, 1.807) is 0 Å². The first-order chi connectivity index (χ1) is 8.22. The van der Waals surface area contributed by atoms with Crippen molar-refractivity contribution in [2.24, 2.45) is 5.73 Å². The molecule has 92 valence electrons. The van der Waals surface area contributed by atoms with Gasteiger partial charge in [-0.05, 0) is 12.8 Å². The van der Waals surface area contributed by atoms with Crippen LogP contribution in [0.15, 0.2) is 6.07 Å². The van der Waals surface area contributed by atoms with Crippen LogP contribution in [-0.2, 0) is 5.41 Å². The maximum atomic E-state index is 13.9. The highest BCUT2D eigenvalue weighted by Crippen LogP contribution is 2.57. The molecule has 0 aromatic heterocycles. The Hall–Kier alpha value is -1.49. The van der Waals surface area contributed by atoms with Gasteiger partial charge in [0.15, 0.2) is 23.1 Å². The molecule has 0 atom stereocenters. The first-order valence-electron chi connectivity index (χ1n) is 5.58. The number of nitrogens with two attached hydrogens (primary N) is 1. The topological polar surface area (TPSA) is 53.7 Å². The van der Waals surface area contributed by atoms with E-state index >= 15 is 0 Å². The molecule has 0 saturated heterocycles. The van der Waals surface area contributed by atoms with E-state index in [4.69, 9.17) is 19.9 Å². The zero-order valence-electron chi connectivity index (χ0n) is 9.59. The molecule has 4 nitrogen and oxygen atoms in total. The molecular weight excluding hydrogens is 225 g/mol. The first kappa shape index (κ1) is 10.7. The van der Waals surface area contributed by atoms with E-state index in [-0.39, 0.29) is 18.0 Å². The molecule has 1 aromatic rings. The van der Waals surface area contributed by atoms with Crippen molar-refractivity contribution in [3.8, 4) is 17.2 Å². The number of halogens is 1. The Labute approximate surface area is 98.5 Å². The smallest absolute Gasteiger partial charge is 0.231 e. The number of fused-ring (bicyclic) bond motifs is 1. The van der Waals surface area contributed by atoms with Gasteiger partial charge in [0.1, 0.15) is 0 Å². The summed E-state index contributed by atoms with van der Waals surface area (Å²) >= 11 is 0. The van der Waals surface area contributed by atoms with Crippen LogP contribution in [0.3, 0.4) is 0 Å². The zero-order valence-corrected chi connectivity index (χ0v) is 9.59. The number of hydrogen-bond acceptors (Lipinski definition) is 4. The number of ether oxygens (including phenoxy) is 3. The average molecular weight is 239 g/mol. The summed E-state index contributed by atoms with van der Waals surface area (Å²) < 4.78 is 29.7. The molecule has 0 unspecified atom stereocenters. The van der Waals surface area contributed by atoms with Gasteiger partial charge in [-0.1, -0.05) is 0 Å². The van der Waals surface area contributed by atoms with Crippen molar-refractivity contribution in [3.05, 3.63) is 17.4 Å². The highest BCUT2D eigenvalue weighted by Gasteiger charge is 2.49. The second kappa shape index (κ2) is 3.50. The van der Waals surface area contributed by atoms with Crippen LogP contribution in [0.5, 0.6) is 17.2 Å². The number of benzene rings is 1. The van der Waals surface area contributed by atoms with Crippen molar-refractivity contribution >= 4 is 0 Å². The fraction of sp³-hybridized carbons (Fsp3) is 0.500. The summed E-state index contributed by atoms with van der Waals surface area (Å²) in [5.74, 6) is 0.841. The van der Waals surface area contributed by atoms with E-state index in [9.17, 15) is 4.39 Å². The molecule has 1 saturated carbocycles. The molecule has 2 N–H and O–H groups in total. The summed E-state index contributed by atoms with van der Waals surface area (Å²) in [6.45, 7) is 0.582. The fourth-order valence-electron chi connectivity index (χ4n) is 2.38. The zero-order chi connectivity index (χ0) is 12.0. The molecule has 0 amide bonds. The van der Waals surface area contributed by atoms with Crippen molar-refractivity contribution in [2.75, 3.05) is 20.4 Å². The summed E-state index contributed by atoms with van der Waals surface area (Å²) in [5, 5.41) is 0. The third-order valence-corrected chi connectivity index (χ3v) is 3.55. The molecule has 1 aromatic carbocycles. The molecule has 1 fully saturated rings. The molecule has 3 rings (SSSR count). The molecule has 1 heterocycles. The lowest BCUT2D eigenvalue weighted by Gasteiger charge is -2.19. The predicted octanol–water partition coefficient (Wildman–Crippen LogP) is 1.55.